The van der Waals surface area contributed by atoms with Gasteiger partial charge < -0.3 is 10.6 Å². The standard InChI is InChI=1S/C14H15ClN4O/c1-3-16-13-7-10(6-9(2)18-13)14(20)19-12-5-4-11(15)8-17-12/h4-8H,3H2,1-2H3,(H,16,18)(H,17,19,20). The smallest absolute Gasteiger partial charge is 0.257 e. The van der Waals surface area contributed by atoms with Gasteiger partial charge in [-0.05, 0) is 38.1 Å². The maximum absolute atomic E-state index is 12.2. The van der Waals surface area contributed by atoms with Gasteiger partial charge >= 0.3 is 0 Å². The number of carbonyl (C=O) groups is 1. The zero-order valence-corrected chi connectivity index (χ0v) is 12.0. The van der Waals surface area contributed by atoms with E-state index in [2.05, 4.69) is 20.6 Å². The molecule has 0 aliphatic heterocycles. The lowest BCUT2D eigenvalue weighted by Gasteiger charge is -2.08. The zero-order valence-electron chi connectivity index (χ0n) is 11.3. The van der Waals surface area contributed by atoms with Gasteiger partial charge in [0.1, 0.15) is 11.6 Å². The van der Waals surface area contributed by atoms with E-state index in [1.807, 2.05) is 13.8 Å². The molecule has 0 fully saturated rings. The number of pyridine rings is 2. The van der Waals surface area contributed by atoms with Crippen LogP contribution in [0.3, 0.4) is 0 Å². The number of hydrogen-bond acceptors (Lipinski definition) is 4. The second kappa shape index (κ2) is 6.34. The van der Waals surface area contributed by atoms with Crippen molar-refractivity contribution < 1.29 is 4.79 Å². The Morgan fingerprint density at radius 2 is 2.10 bits per heavy atom. The Bertz CT molecular complexity index is 613. The predicted molar refractivity (Wildman–Crippen MR) is 80.3 cm³/mol. The SMILES string of the molecule is CCNc1cc(C(=O)Nc2ccc(Cl)cn2)cc(C)n1. The molecule has 0 saturated carbocycles. The molecule has 2 heterocycles. The van der Waals surface area contributed by atoms with Gasteiger partial charge in [-0.2, -0.15) is 0 Å². The topological polar surface area (TPSA) is 66.9 Å². The van der Waals surface area contributed by atoms with E-state index < -0.39 is 0 Å². The lowest BCUT2D eigenvalue weighted by atomic mass is 10.2. The van der Waals surface area contributed by atoms with E-state index in [9.17, 15) is 4.79 Å². The quantitative estimate of drug-likeness (QED) is 0.908. The molecule has 0 spiro atoms. The van der Waals surface area contributed by atoms with Crippen molar-refractivity contribution in [1.82, 2.24) is 9.97 Å². The Morgan fingerprint density at radius 3 is 2.75 bits per heavy atom. The molecule has 0 radical (unpaired) electrons. The molecular formula is C14H15ClN4O. The molecule has 2 aromatic heterocycles. The average molecular weight is 291 g/mol. The summed E-state index contributed by atoms with van der Waals surface area (Å²) < 4.78 is 0. The fourth-order valence-corrected chi connectivity index (χ4v) is 1.82. The first-order valence-electron chi connectivity index (χ1n) is 6.24. The second-order valence-corrected chi connectivity index (χ2v) is 4.66. The van der Waals surface area contributed by atoms with Crippen LogP contribution in [0, 0.1) is 6.92 Å². The number of carbonyl (C=O) groups excluding carboxylic acids is 1. The Morgan fingerprint density at radius 1 is 1.30 bits per heavy atom. The number of aromatic nitrogens is 2. The maximum atomic E-state index is 12.2. The molecule has 2 rings (SSSR count). The molecule has 2 N–H and O–H groups in total. The number of amides is 1. The largest absolute Gasteiger partial charge is 0.370 e. The van der Waals surface area contributed by atoms with Gasteiger partial charge in [-0.25, -0.2) is 9.97 Å². The maximum Gasteiger partial charge on any atom is 0.257 e. The highest BCUT2D eigenvalue weighted by molar-refractivity contribution is 6.30. The fraction of sp³-hybridized carbons (Fsp3) is 0.214. The van der Waals surface area contributed by atoms with Crippen LogP contribution in [0.25, 0.3) is 0 Å². The van der Waals surface area contributed by atoms with Crippen molar-refractivity contribution in [1.29, 1.82) is 0 Å². The van der Waals surface area contributed by atoms with E-state index in [4.69, 9.17) is 11.6 Å². The highest BCUT2D eigenvalue weighted by Gasteiger charge is 2.09. The molecule has 0 aromatic carbocycles. The minimum atomic E-state index is -0.232. The number of hydrogen-bond donors (Lipinski definition) is 2. The number of anilines is 2. The number of rotatable bonds is 4. The summed E-state index contributed by atoms with van der Waals surface area (Å²) in [5.41, 5.74) is 1.31. The molecular weight excluding hydrogens is 276 g/mol. The zero-order chi connectivity index (χ0) is 14.5. The average Bonchev–Trinajstić information content (AvgIpc) is 2.41. The van der Waals surface area contributed by atoms with Gasteiger partial charge in [0.15, 0.2) is 0 Å². The van der Waals surface area contributed by atoms with Gasteiger partial charge in [-0.15, -0.1) is 0 Å². The van der Waals surface area contributed by atoms with Gasteiger partial charge in [-0.1, -0.05) is 11.6 Å². The highest BCUT2D eigenvalue weighted by Crippen LogP contribution is 2.14. The van der Waals surface area contributed by atoms with Crippen molar-refractivity contribution in [3.63, 3.8) is 0 Å². The van der Waals surface area contributed by atoms with Crippen molar-refractivity contribution in [2.75, 3.05) is 17.2 Å². The van der Waals surface area contributed by atoms with Crippen LogP contribution in [0.1, 0.15) is 23.0 Å². The highest BCUT2D eigenvalue weighted by atomic mass is 35.5. The lowest BCUT2D eigenvalue weighted by Crippen LogP contribution is -2.14. The molecule has 0 saturated heterocycles. The number of aryl methyl sites for hydroxylation is 1. The van der Waals surface area contributed by atoms with Crippen LogP contribution in [0.5, 0.6) is 0 Å². The summed E-state index contributed by atoms with van der Waals surface area (Å²) in [6.45, 7) is 4.57. The van der Waals surface area contributed by atoms with Crippen LogP contribution in [-0.4, -0.2) is 22.4 Å². The minimum absolute atomic E-state index is 0.232. The van der Waals surface area contributed by atoms with Crippen LogP contribution in [0.2, 0.25) is 5.02 Å². The molecule has 0 atom stereocenters. The number of halogens is 1. The first-order chi connectivity index (χ1) is 9.58. The molecule has 0 aliphatic carbocycles. The molecule has 20 heavy (non-hydrogen) atoms. The fourth-order valence-electron chi connectivity index (χ4n) is 1.71. The first-order valence-corrected chi connectivity index (χ1v) is 6.61. The van der Waals surface area contributed by atoms with Crippen molar-refractivity contribution in [2.45, 2.75) is 13.8 Å². The summed E-state index contributed by atoms with van der Waals surface area (Å²) in [6.07, 6.45) is 1.49. The van der Waals surface area contributed by atoms with Crippen LogP contribution in [-0.2, 0) is 0 Å². The molecule has 1 amide bonds. The van der Waals surface area contributed by atoms with E-state index in [1.54, 1.807) is 24.3 Å². The normalized spacial score (nSPS) is 10.2. The van der Waals surface area contributed by atoms with E-state index in [0.29, 0.717) is 22.2 Å². The number of nitrogens with zero attached hydrogens (tertiary/aromatic N) is 2. The summed E-state index contributed by atoms with van der Waals surface area (Å²) in [6, 6.07) is 6.76. The van der Waals surface area contributed by atoms with Gasteiger partial charge in [0.05, 0.1) is 5.02 Å². The summed E-state index contributed by atoms with van der Waals surface area (Å²) in [4.78, 5) is 20.5. The van der Waals surface area contributed by atoms with Crippen LogP contribution < -0.4 is 10.6 Å². The van der Waals surface area contributed by atoms with Crippen molar-refractivity contribution in [2.24, 2.45) is 0 Å². The molecule has 0 aliphatic rings. The third-order valence-corrected chi connectivity index (χ3v) is 2.77. The third-order valence-electron chi connectivity index (χ3n) is 2.54. The third kappa shape index (κ3) is 3.68. The second-order valence-electron chi connectivity index (χ2n) is 4.23. The Balaban J connectivity index is 2.18. The molecule has 6 heteroatoms. The van der Waals surface area contributed by atoms with Gasteiger partial charge in [-0.3, -0.25) is 4.79 Å². The van der Waals surface area contributed by atoms with E-state index >= 15 is 0 Å². The van der Waals surface area contributed by atoms with Gasteiger partial charge in [0.25, 0.3) is 5.91 Å². The van der Waals surface area contributed by atoms with E-state index in [1.165, 1.54) is 6.20 Å². The summed E-state index contributed by atoms with van der Waals surface area (Å²) >= 11 is 5.75. The summed E-state index contributed by atoms with van der Waals surface area (Å²) in [7, 11) is 0. The molecule has 0 bridgehead atoms. The Labute approximate surface area is 122 Å². The van der Waals surface area contributed by atoms with E-state index in [0.717, 1.165) is 12.2 Å². The van der Waals surface area contributed by atoms with Crippen LogP contribution in [0.4, 0.5) is 11.6 Å². The number of nitrogens with one attached hydrogen (secondary N) is 2. The minimum Gasteiger partial charge on any atom is -0.370 e. The van der Waals surface area contributed by atoms with Gasteiger partial charge in [0.2, 0.25) is 0 Å². The summed E-state index contributed by atoms with van der Waals surface area (Å²) in [5.74, 6) is 0.907. The molecule has 0 unspecified atom stereocenters. The monoisotopic (exact) mass is 290 g/mol. The predicted octanol–water partition coefficient (Wildman–Crippen LogP) is 3.12. The molecule has 2 aromatic rings. The van der Waals surface area contributed by atoms with Crippen LogP contribution >= 0.6 is 11.6 Å². The van der Waals surface area contributed by atoms with Crippen LogP contribution in [0.15, 0.2) is 30.5 Å². The van der Waals surface area contributed by atoms with Gasteiger partial charge in [0, 0.05) is 24.0 Å². The molecule has 104 valence electrons. The lowest BCUT2D eigenvalue weighted by molar-refractivity contribution is 0.102. The molecule has 5 nitrogen and oxygen atoms in total. The first kappa shape index (κ1) is 14.3. The van der Waals surface area contributed by atoms with Crippen molar-refractivity contribution in [3.05, 3.63) is 46.7 Å². The summed E-state index contributed by atoms with van der Waals surface area (Å²) in [5, 5.41) is 6.33. The van der Waals surface area contributed by atoms with Crippen molar-refractivity contribution >= 4 is 29.1 Å². The van der Waals surface area contributed by atoms with E-state index in [-0.39, 0.29) is 5.91 Å². The Kier molecular flexibility index (Phi) is 4.53. The van der Waals surface area contributed by atoms with Crippen molar-refractivity contribution in [3.8, 4) is 0 Å². The Hall–Kier alpha value is -2.14.